The summed E-state index contributed by atoms with van der Waals surface area (Å²) < 4.78 is 11.8. The summed E-state index contributed by atoms with van der Waals surface area (Å²) in [6.07, 6.45) is 41.5. The fourth-order valence-corrected chi connectivity index (χ4v) is 13.7. The lowest BCUT2D eigenvalue weighted by atomic mass is 9.47. The van der Waals surface area contributed by atoms with Crippen molar-refractivity contribution in [3.8, 4) is 0 Å². The van der Waals surface area contributed by atoms with Gasteiger partial charge in [0.05, 0.1) is 12.7 Å². The van der Waals surface area contributed by atoms with Crippen LogP contribution >= 0.6 is 0 Å². The van der Waals surface area contributed by atoms with Crippen LogP contribution in [0.1, 0.15) is 267 Å². The monoisotopic (exact) mass is 867 g/mol. The zero-order valence-electron chi connectivity index (χ0n) is 42.1. The predicted molar refractivity (Wildman–Crippen MR) is 261 cm³/mol. The summed E-state index contributed by atoms with van der Waals surface area (Å²) in [6.45, 7) is 17.7. The van der Waals surface area contributed by atoms with Gasteiger partial charge in [-0.05, 0) is 129 Å². The van der Waals surface area contributed by atoms with E-state index in [2.05, 4.69) is 54.5 Å². The fourth-order valence-electron chi connectivity index (χ4n) is 13.7. The number of rotatable bonds is 33. The number of unbranched alkanes of at least 4 members (excludes halogenated alkanes) is 12. The summed E-state index contributed by atoms with van der Waals surface area (Å²) in [5, 5.41) is 10.5. The quantitative estimate of drug-likeness (QED) is 0.0404. The van der Waals surface area contributed by atoms with Crippen molar-refractivity contribution < 1.29 is 24.2 Å². The van der Waals surface area contributed by atoms with Gasteiger partial charge in [-0.2, -0.15) is 0 Å². The number of hydrogen-bond acceptors (Lipinski definition) is 5. The van der Waals surface area contributed by atoms with E-state index in [1.54, 1.807) is 5.57 Å². The second-order valence-electron chi connectivity index (χ2n) is 22.8. The van der Waals surface area contributed by atoms with Gasteiger partial charge in [0, 0.05) is 19.3 Å². The van der Waals surface area contributed by atoms with Crippen molar-refractivity contribution in [1.82, 2.24) is 0 Å². The van der Waals surface area contributed by atoms with E-state index in [0.29, 0.717) is 36.2 Å². The van der Waals surface area contributed by atoms with E-state index in [1.165, 1.54) is 109 Å². The molecular weight excluding hydrogens is 765 g/mol. The molecule has 0 spiro atoms. The molecule has 0 bridgehead atoms. The predicted octanol–water partition coefficient (Wildman–Crippen LogP) is 16.5. The Morgan fingerprint density at radius 2 is 1.27 bits per heavy atom. The summed E-state index contributed by atoms with van der Waals surface area (Å²) in [4.78, 5) is 25.2. The Bertz CT molecular complexity index is 1260. The topological polar surface area (TPSA) is 72.8 Å². The third-order valence-electron chi connectivity index (χ3n) is 17.6. The van der Waals surface area contributed by atoms with Crippen LogP contribution in [0.2, 0.25) is 0 Å². The number of allylic oxidation sites excluding steroid dienone is 1. The van der Waals surface area contributed by atoms with Gasteiger partial charge in [0.25, 0.3) is 0 Å². The molecular formula is C57H102O5. The van der Waals surface area contributed by atoms with Crippen LogP contribution in [0.3, 0.4) is 0 Å². The number of aliphatic hydroxyl groups excluding tert-OH is 1. The second-order valence-corrected chi connectivity index (χ2v) is 22.8. The van der Waals surface area contributed by atoms with Gasteiger partial charge in [-0.15, -0.1) is 0 Å². The Balaban J connectivity index is 0.986. The number of ether oxygens (including phenoxy) is 2. The van der Waals surface area contributed by atoms with E-state index in [4.69, 9.17) is 9.47 Å². The first-order valence-electron chi connectivity index (χ1n) is 27.6. The molecule has 0 aliphatic heterocycles. The minimum absolute atomic E-state index is 0.00544. The first kappa shape index (κ1) is 53.3. The Morgan fingerprint density at radius 3 is 1.92 bits per heavy atom. The van der Waals surface area contributed by atoms with Gasteiger partial charge in [0.1, 0.15) is 6.10 Å². The minimum atomic E-state index is -0.207. The van der Waals surface area contributed by atoms with Crippen molar-refractivity contribution in [2.24, 2.45) is 52.3 Å². The molecule has 0 aromatic rings. The fraction of sp³-hybridized carbons (Fsp3) is 0.930. The lowest BCUT2D eigenvalue weighted by Crippen LogP contribution is -2.51. The van der Waals surface area contributed by atoms with E-state index in [-0.39, 0.29) is 24.1 Å². The molecule has 5 nitrogen and oxygen atoms in total. The van der Waals surface area contributed by atoms with Crippen LogP contribution < -0.4 is 0 Å². The average Bonchev–Trinajstić information content (AvgIpc) is 3.60. The first-order chi connectivity index (χ1) is 29.9. The van der Waals surface area contributed by atoms with Crippen LogP contribution in [0.25, 0.3) is 0 Å². The molecule has 3 saturated carbocycles. The lowest BCUT2D eigenvalue weighted by molar-refractivity contribution is -0.151. The first-order valence-corrected chi connectivity index (χ1v) is 27.6. The normalized spacial score (nSPS) is 28.0. The molecule has 0 heterocycles. The Morgan fingerprint density at radius 1 is 0.661 bits per heavy atom. The summed E-state index contributed by atoms with van der Waals surface area (Å²) >= 11 is 0. The molecule has 360 valence electrons. The second kappa shape index (κ2) is 28.6. The molecule has 9 atom stereocenters. The Labute approximate surface area is 384 Å². The van der Waals surface area contributed by atoms with Crippen molar-refractivity contribution >= 4 is 11.9 Å². The van der Waals surface area contributed by atoms with Crippen molar-refractivity contribution in [1.29, 1.82) is 0 Å². The molecule has 3 fully saturated rings. The van der Waals surface area contributed by atoms with E-state index in [1.807, 2.05) is 0 Å². The number of hydrogen-bond donors (Lipinski definition) is 1. The minimum Gasteiger partial charge on any atom is -0.466 e. The molecule has 0 aromatic heterocycles. The lowest BCUT2D eigenvalue weighted by Gasteiger charge is -2.58. The number of carbonyl (C=O) groups is 2. The van der Waals surface area contributed by atoms with Gasteiger partial charge in [0.2, 0.25) is 0 Å². The third kappa shape index (κ3) is 17.1. The molecule has 1 N–H and O–H groups in total. The molecule has 0 radical (unpaired) electrons. The van der Waals surface area contributed by atoms with E-state index < -0.39 is 0 Å². The number of fused-ring (bicyclic) bond motifs is 5. The highest BCUT2D eigenvalue weighted by Gasteiger charge is 2.59. The molecule has 4 aliphatic carbocycles. The average molecular weight is 867 g/mol. The van der Waals surface area contributed by atoms with Crippen LogP contribution in [0.5, 0.6) is 0 Å². The van der Waals surface area contributed by atoms with Crippen LogP contribution in [0.15, 0.2) is 11.6 Å². The number of esters is 2. The van der Waals surface area contributed by atoms with Gasteiger partial charge in [-0.25, -0.2) is 0 Å². The highest BCUT2D eigenvalue weighted by molar-refractivity contribution is 5.69. The summed E-state index contributed by atoms with van der Waals surface area (Å²) in [5.41, 5.74) is 2.44. The molecule has 4 rings (SSSR count). The van der Waals surface area contributed by atoms with Crippen LogP contribution in [-0.2, 0) is 19.1 Å². The zero-order valence-corrected chi connectivity index (χ0v) is 42.1. The molecule has 5 unspecified atom stereocenters. The molecule has 4 aliphatic rings. The third-order valence-corrected chi connectivity index (χ3v) is 17.6. The summed E-state index contributed by atoms with van der Waals surface area (Å²) in [7, 11) is 0. The maximum Gasteiger partial charge on any atom is 0.306 e. The smallest absolute Gasteiger partial charge is 0.306 e. The van der Waals surface area contributed by atoms with Crippen molar-refractivity contribution in [2.45, 2.75) is 279 Å². The highest BCUT2D eigenvalue weighted by atomic mass is 16.5. The van der Waals surface area contributed by atoms with Gasteiger partial charge >= 0.3 is 11.9 Å². The SMILES string of the molecule is CCCCCC(CCCCC)CCOC(=O)CCCCCCCC(O)CCCCCCCC(=O)O[C@H]1CC[C@@]2(C)C(=CCC3C2CC[C@@]2(C)C3CC[C@@H]2C(C)CCCC(C)C)C1. The number of aliphatic hydroxyl groups is 1. The van der Waals surface area contributed by atoms with Crippen LogP contribution in [0.4, 0.5) is 0 Å². The molecule has 5 heteroatoms. The Kier molecular flexibility index (Phi) is 24.6. The van der Waals surface area contributed by atoms with Crippen LogP contribution in [-0.4, -0.2) is 35.9 Å². The Hall–Kier alpha value is -1.36. The van der Waals surface area contributed by atoms with Crippen LogP contribution in [0, 0.1) is 52.3 Å². The molecule has 0 saturated heterocycles. The van der Waals surface area contributed by atoms with E-state index in [0.717, 1.165) is 132 Å². The van der Waals surface area contributed by atoms with Crippen molar-refractivity contribution in [2.75, 3.05) is 6.61 Å². The molecule has 0 aromatic carbocycles. The van der Waals surface area contributed by atoms with E-state index in [9.17, 15) is 14.7 Å². The molecule has 62 heavy (non-hydrogen) atoms. The standard InChI is InChI=1S/C57H102O5/c1-8-10-18-27-46(28-19-11-9-2)39-42-61-54(59)31-22-16-12-14-20-29-48(58)30-21-15-13-17-23-32-55(60)62-49-37-40-56(6)47(43-49)33-34-50-52-36-35-51(45(5)26-24-25-44(3)4)57(52,7)41-38-53(50)56/h33,44-46,48-53,58H,8-32,34-43H2,1-7H3/t45?,48?,49-,50?,51+,52?,53?,56-,57+/m0/s1. The highest BCUT2D eigenvalue weighted by Crippen LogP contribution is 2.67. The van der Waals surface area contributed by atoms with Gasteiger partial charge < -0.3 is 14.6 Å². The maximum atomic E-state index is 12.9. The molecule has 0 amide bonds. The summed E-state index contributed by atoms with van der Waals surface area (Å²) in [6, 6.07) is 0. The van der Waals surface area contributed by atoms with E-state index >= 15 is 0 Å². The number of carbonyl (C=O) groups excluding carboxylic acids is 2. The summed E-state index contributed by atoms with van der Waals surface area (Å²) in [5.74, 6) is 5.81. The van der Waals surface area contributed by atoms with Gasteiger partial charge in [-0.1, -0.05) is 182 Å². The zero-order chi connectivity index (χ0) is 44.8. The van der Waals surface area contributed by atoms with Gasteiger partial charge in [0.15, 0.2) is 0 Å². The largest absolute Gasteiger partial charge is 0.466 e. The van der Waals surface area contributed by atoms with Gasteiger partial charge in [-0.3, -0.25) is 9.59 Å². The van der Waals surface area contributed by atoms with Crippen molar-refractivity contribution in [3.63, 3.8) is 0 Å². The van der Waals surface area contributed by atoms with Crippen molar-refractivity contribution in [3.05, 3.63) is 11.6 Å². The maximum absolute atomic E-state index is 12.9.